The Morgan fingerprint density at radius 2 is 2.00 bits per heavy atom. The van der Waals surface area contributed by atoms with E-state index in [4.69, 9.17) is 0 Å². The number of rotatable bonds is 6. The van der Waals surface area contributed by atoms with E-state index >= 15 is 0 Å². The fraction of sp³-hybridized carbons (Fsp3) is 0.462. The highest BCUT2D eigenvalue weighted by Crippen LogP contribution is 2.10. The Labute approximate surface area is 111 Å². The van der Waals surface area contributed by atoms with Crippen molar-refractivity contribution in [1.29, 1.82) is 0 Å². The van der Waals surface area contributed by atoms with Gasteiger partial charge in [-0.25, -0.2) is 4.98 Å². The molecule has 0 aromatic carbocycles. The van der Waals surface area contributed by atoms with Crippen LogP contribution in [0.15, 0.2) is 17.5 Å². The number of aromatic nitrogens is 3. The van der Waals surface area contributed by atoms with E-state index in [0.717, 1.165) is 37.2 Å². The van der Waals surface area contributed by atoms with Gasteiger partial charge in [-0.2, -0.15) is 5.10 Å². The average molecular weight is 262 g/mol. The van der Waals surface area contributed by atoms with Crippen LogP contribution in [0, 0.1) is 0 Å². The van der Waals surface area contributed by atoms with E-state index in [1.54, 1.807) is 11.3 Å². The van der Waals surface area contributed by atoms with Crippen LogP contribution in [-0.4, -0.2) is 21.7 Å². The Hall–Kier alpha value is -1.49. The fourth-order valence-electron chi connectivity index (χ4n) is 1.77. The molecule has 0 radical (unpaired) electrons. The van der Waals surface area contributed by atoms with E-state index in [9.17, 15) is 0 Å². The topological polar surface area (TPSA) is 50.7 Å². The van der Waals surface area contributed by atoms with Gasteiger partial charge in [-0.15, -0.1) is 16.4 Å². The smallest absolute Gasteiger partial charge is 0.242 e. The summed E-state index contributed by atoms with van der Waals surface area (Å²) in [4.78, 5) is 5.87. The number of thiophene rings is 1. The molecule has 2 rings (SSSR count). The molecule has 1 N–H and O–H groups in total. The molecule has 2 heterocycles. The predicted octanol–water partition coefficient (Wildman–Crippen LogP) is 2.71. The second kappa shape index (κ2) is 6.44. The molecule has 0 aliphatic carbocycles. The molecular weight excluding hydrogens is 244 g/mol. The van der Waals surface area contributed by atoms with Crippen molar-refractivity contribution < 1.29 is 0 Å². The lowest BCUT2D eigenvalue weighted by atomic mass is 10.2. The molecule has 0 bridgehead atoms. The molecule has 4 nitrogen and oxygen atoms in total. The molecular formula is C13H18N4S. The third kappa shape index (κ3) is 3.26. The first kappa shape index (κ1) is 13.0. The second-order valence-corrected chi connectivity index (χ2v) is 5.02. The maximum Gasteiger partial charge on any atom is 0.242 e. The normalized spacial score (nSPS) is 10.6. The summed E-state index contributed by atoms with van der Waals surface area (Å²) in [6.45, 7) is 5.02. The molecule has 0 saturated heterocycles. The van der Waals surface area contributed by atoms with Gasteiger partial charge in [0.2, 0.25) is 5.95 Å². The summed E-state index contributed by atoms with van der Waals surface area (Å²) in [5.74, 6) is 0.639. The van der Waals surface area contributed by atoms with Crippen LogP contribution in [-0.2, 0) is 19.3 Å². The lowest BCUT2D eigenvalue weighted by Crippen LogP contribution is -2.11. The van der Waals surface area contributed by atoms with E-state index in [0.29, 0.717) is 5.95 Å². The maximum absolute atomic E-state index is 4.50. The maximum atomic E-state index is 4.50. The van der Waals surface area contributed by atoms with E-state index < -0.39 is 0 Å². The zero-order chi connectivity index (χ0) is 12.8. The Balaban J connectivity index is 1.93. The summed E-state index contributed by atoms with van der Waals surface area (Å²) < 4.78 is 0. The minimum Gasteiger partial charge on any atom is -0.353 e. The van der Waals surface area contributed by atoms with Crippen molar-refractivity contribution in [3.05, 3.63) is 33.8 Å². The van der Waals surface area contributed by atoms with Crippen molar-refractivity contribution in [2.75, 3.05) is 11.9 Å². The molecule has 96 valence electrons. The fourth-order valence-corrected chi connectivity index (χ4v) is 2.47. The van der Waals surface area contributed by atoms with Gasteiger partial charge >= 0.3 is 0 Å². The highest BCUT2D eigenvalue weighted by Gasteiger charge is 2.05. The molecule has 0 aliphatic rings. The van der Waals surface area contributed by atoms with Gasteiger partial charge in [-0.3, -0.25) is 0 Å². The van der Waals surface area contributed by atoms with Crippen molar-refractivity contribution in [2.45, 2.75) is 33.1 Å². The minimum atomic E-state index is 0.639. The Bertz CT molecular complexity index is 482. The van der Waals surface area contributed by atoms with Gasteiger partial charge in [0.05, 0.1) is 11.4 Å². The van der Waals surface area contributed by atoms with Crippen LogP contribution < -0.4 is 5.32 Å². The van der Waals surface area contributed by atoms with Crippen molar-refractivity contribution >= 4 is 17.3 Å². The van der Waals surface area contributed by atoms with Gasteiger partial charge in [-0.1, -0.05) is 19.9 Å². The minimum absolute atomic E-state index is 0.639. The van der Waals surface area contributed by atoms with E-state index in [-0.39, 0.29) is 0 Å². The van der Waals surface area contributed by atoms with Crippen LogP contribution in [0.25, 0.3) is 0 Å². The first-order valence-corrected chi connectivity index (χ1v) is 7.20. The van der Waals surface area contributed by atoms with Crippen LogP contribution >= 0.6 is 11.3 Å². The van der Waals surface area contributed by atoms with Gasteiger partial charge in [0.15, 0.2) is 0 Å². The zero-order valence-electron chi connectivity index (χ0n) is 10.8. The highest BCUT2D eigenvalue weighted by molar-refractivity contribution is 7.09. The van der Waals surface area contributed by atoms with Crippen molar-refractivity contribution in [3.8, 4) is 0 Å². The molecule has 0 atom stereocenters. The molecule has 18 heavy (non-hydrogen) atoms. The average Bonchev–Trinajstić information content (AvgIpc) is 2.91. The summed E-state index contributed by atoms with van der Waals surface area (Å²) in [6.07, 6.45) is 2.79. The van der Waals surface area contributed by atoms with Gasteiger partial charge in [0.1, 0.15) is 0 Å². The number of nitrogens with one attached hydrogen (secondary N) is 1. The molecule has 0 saturated carbocycles. The van der Waals surface area contributed by atoms with Gasteiger partial charge < -0.3 is 5.32 Å². The molecule has 5 heteroatoms. The second-order valence-electron chi connectivity index (χ2n) is 3.99. The summed E-state index contributed by atoms with van der Waals surface area (Å²) in [6, 6.07) is 4.21. The summed E-state index contributed by atoms with van der Waals surface area (Å²) in [5, 5.41) is 13.6. The van der Waals surface area contributed by atoms with Crippen molar-refractivity contribution in [2.24, 2.45) is 0 Å². The lowest BCUT2D eigenvalue weighted by Gasteiger charge is -2.07. The van der Waals surface area contributed by atoms with E-state index in [1.807, 2.05) is 0 Å². The van der Waals surface area contributed by atoms with Crippen molar-refractivity contribution in [1.82, 2.24) is 15.2 Å². The Morgan fingerprint density at radius 3 is 2.67 bits per heavy atom. The molecule has 0 aliphatic heterocycles. The standard InChI is InChI=1S/C13H18N4S/c1-3-11-12(4-2)16-17-13(15-11)14-8-7-10-6-5-9-18-10/h5-6,9H,3-4,7-8H2,1-2H3,(H,14,15,17). The number of hydrogen-bond acceptors (Lipinski definition) is 5. The quantitative estimate of drug-likeness (QED) is 0.869. The SMILES string of the molecule is CCc1nnc(NCCc2cccs2)nc1CC. The molecule has 0 unspecified atom stereocenters. The van der Waals surface area contributed by atoms with E-state index in [2.05, 4.69) is 51.9 Å². The van der Waals surface area contributed by atoms with Gasteiger partial charge in [0.25, 0.3) is 0 Å². The Kier molecular flexibility index (Phi) is 4.64. The number of anilines is 1. The van der Waals surface area contributed by atoms with Crippen LogP contribution in [0.3, 0.4) is 0 Å². The van der Waals surface area contributed by atoms with Crippen molar-refractivity contribution in [3.63, 3.8) is 0 Å². The Morgan fingerprint density at radius 1 is 1.17 bits per heavy atom. The molecule has 0 spiro atoms. The third-order valence-electron chi connectivity index (χ3n) is 2.74. The lowest BCUT2D eigenvalue weighted by molar-refractivity contribution is 0.818. The third-order valence-corrected chi connectivity index (χ3v) is 3.68. The van der Waals surface area contributed by atoms with Gasteiger partial charge in [-0.05, 0) is 30.7 Å². The van der Waals surface area contributed by atoms with Crippen LogP contribution in [0.5, 0.6) is 0 Å². The van der Waals surface area contributed by atoms with Crippen LogP contribution in [0.4, 0.5) is 5.95 Å². The van der Waals surface area contributed by atoms with Gasteiger partial charge in [0, 0.05) is 11.4 Å². The first-order valence-electron chi connectivity index (χ1n) is 6.32. The first-order chi connectivity index (χ1) is 8.83. The largest absolute Gasteiger partial charge is 0.353 e. The van der Waals surface area contributed by atoms with Crippen LogP contribution in [0.1, 0.15) is 30.1 Å². The zero-order valence-corrected chi connectivity index (χ0v) is 11.6. The molecule has 0 amide bonds. The summed E-state index contributed by atoms with van der Waals surface area (Å²) in [5.41, 5.74) is 2.05. The van der Waals surface area contributed by atoms with E-state index in [1.165, 1.54) is 4.88 Å². The number of aryl methyl sites for hydroxylation is 2. The summed E-state index contributed by atoms with van der Waals surface area (Å²) in [7, 11) is 0. The monoisotopic (exact) mass is 262 g/mol. The predicted molar refractivity (Wildman–Crippen MR) is 75.1 cm³/mol. The number of nitrogens with zero attached hydrogens (tertiary/aromatic N) is 3. The van der Waals surface area contributed by atoms with Crippen LogP contribution in [0.2, 0.25) is 0 Å². The molecule has 0 fully saturated rings. The molecule has 2 aromatic rings. The highest BCUT2D eigenvalue weighted by atomic mass is 32.1. The number of hydrogen-bond donors (Lipinski definition) is 1. The molecule has 2 aromatic heterocycles. The summed E-state index contributed by atoms with van der Waals surface area (Å²) >= 11 is 1.78.